The lowest BCUT2D eigenvalue weighted by Crippen LogP contribution is -2.22. The molecule has 0 atom stereocenters. The van der Waals surface area contributed by atoms with E-state index in [1.807, 2.05) is 0 Å². The van der Waals surface area contributed by atoms with Gasteiger partial charge in [0.2, 0.25) is 0 Å². The smallest absolute Gasteiger partial charge is 0.195 e. The Morgan fingerprint density at radius 1 is 0.900 bits per heavy atom. The number of benzene rings is 2. The van der Waals surface area contributed by atoms with E-state index in [1.165, 1.54) is 12.1 Å². The molecule has 0 fully saturated rings. The van der Waals surface area contributed by atoms with Crippen LogP contribution in [0.15, 0.2) is 36.4 Å². The predicted octanol–water partition coefficient (Wildman–Crippen LogP) is 2.26. The molecule has 0 aliphatic heterocycles. The van der Waals surface area contributed by atoms with Crippen LogP contribution in [-0.4, -0.2) is 17.9 Å². The highest BCUT2D eigenvalue weighted by atomic mass is 16.1. The summed E-state index contributed by atoms with van der Waals surface area (Å²) < 4.78 is 0. The highest BCUT2D eigenvalue weighted by molar-refractivity contribution is 6.29. The van der Waals surface area contributed by atoms with Crippen LogP contribution in [0.2, 0.25) is 0 Å². The van der Waals surface area contributed by atoms with Crippen LogP contribution >= 0.6 is 0 Å². The molecule has 0 N–H and O–H groups in total. The summed E-state index contributed by atoms with van der Waals surface area (Å²) in [7, 11) is 0. The highest BCUT2D eigenvalue weighted by Crippen LogP contribution is 2.30. The Kier molecular flexibility index (Phi) is 2.59. The number of carbonyl (C=O) groups is 3. The first kappa shape index (κ1) is 12.1. The third-order valence-corrected chi connectivity index (χ3v) is 3.40. The molecule has 0 heterocycles. The summed E-state index contributed by atoms with van der Waals surface area (Å²) in [6, 6.07) is 9.55. The number of hydrogen-bond donors (Lipinski definition) is 0. The average Bonchev–Trinajstić information content (AvgIpc) is 2.51. The van der Waals surface area contributed by atoms with E-state index in [9.17, 15) is 14.4 Å². The van der Waals surface area contributed by atoms with E-state index in [0.717, 1.165) is 0 Å². The fraction of sp³-hybridized carbons (Fsp3) is 0. The summed E-state index contributed by atoms with van der Waals surface area (Å²) in [6.45, 7) is 0. The minimum atomic E-state index is -0.313. The molecule has 1 aliphatic rings. The molecule has 20 heavy (non-hydrogen) atoms. The van der Waals surface area contributed by atoms with Crippen LogP contribution < -0.4 is 0 Å². The quantitative estimate of drug-likeness (QED) is 0.498. The fourth-order valence-electron chi connectivity index (χ4n) is 2.46. The molecule has 0 amide bonds. The maximum absolute atomic E-state index is 12.5. The first-order chi connectivity index (χ1) is 9.69. The number of aldehydes is 1. The van der Waals surface area contributed by atoms with Crippen LogP contribution in [0.25, 0.3) is 0 Å². The van der Waals surface area contributed by atoms with Gasteiger partial charge in [0.05, 0.1) is 5.56 Å². The van der Waals surface area contributed by atoms with E-state index in [0.29, 0.717) is 17.4 Å². The summed E-state index contributed by atoms with van der Waals surface area (Å²) in [5, 5.41) is 0. The van der Waals surface area contributed by atoms with Crippen LogP contribution in [0, 0.1) is 12.3 Å². The van der Waals surface area contributed by atoms with Crippen molar-refractivity contribution in [1.29, 1.82) is 0 Å². The van der Waals surface area contributed by atoms with Gasteiger partial charge in [0, 0.05) is 27.8 Å². The molecule has 3 nitrogen and oxygen atoms in total. The van der Waals surface area contributed by atoms with Crippen LogP contribution in [0.4, 0.5) is 0 Å². The van der Waals surface area contributed by atoms with Crippen LogP contribution in [0.3, 0.4) is 0 Å². The third kappa shape index (κ3) is 1.45. The minimum absolute atomic E-state index is 0.154. The van der Waals surface area contributed by atoms with E-state index in [4.69, 9.17) is 6.42 Å². The van der Waals surface area contributed by atoms with Crippen molar-refractivity contribution >= 4 is 17.9 Å². The molecule has 94 valence electrons. The zero-order valence-corrected chi connectivity index (χ0v) is 10.3. The number of hydrogen-bond acceptors (Lipinski definition) is 3. The lowest BCUT2D eigenvalue weighted by Gasteiger charge is -2.19. The summed E-state index contributed by atoms with van der Waals surface area (Å²) >= 11 is 0. The van der Waals surface area contributed by atoms with E-state index >= 15 is 0 Å². The van der Waals surface area contributed by atoms with Crippen LogP contribution in [0.1, 0.15) is 47.8 Å². The minimum Gasteiger partial charge on any atom is -0.298 e. The molecule has 3 rings (SSSR count). The Labute approximate surface area is 115 Å². The fourth-order valence-corrected chi connectivity index (χ4v) is 2.46. The molecule has 0 aromatic heterocycles. The van der Waals surface area contributed by atoms with Gasteiger partial charge in [-0.15, -0.1) is 6.42 Å². The van der Waals surface area contributed by atoms with Gasteiger partial charge in [0.25, 0.3) is 0 Å². The summed E-state index contributed by atoms with van der Waals surface area (Å²) in [4.78, 5) is 36.0. The second-order valence-corrected chi connectivity index (χ2v) is 4.42. The molecule has 2 aromatic rings. The van der Waals surface area contributed by atoms with Crippen molar-refractivity contribution in [2.75, 3.05) is 0 Å². The number of ketones is 2. The van der Waals surface area contributed by atoms with Crippen molar-refractivity contribution in [3.63, 3.8) is 0 Å². The SMILES string of the molecule is C#Cc1c(C=O)ccc2c1C(=O)c1ccccc1C2=O. The van der Waals surface area contributed by atoms with E-state index in [1.54, 1.807) is 24.3 Å². The Balaban J connectivity index is 2.40. The maximum atomic E-state index is 12.5. The zero-order chi connectivity index (χ0) is 14.3. The molecule has 1 aliphatic carbocycles. The van der Waals surface area contributed by atoms with Crippen molar-refractivity contribution < 1.29 is 14.4 Å². The first-order valence-electron chi connectivity index (χ1n) is 5.96. The molecule has 3 heteroatoms. The van der Waals surface area contributed by atoms with Gasteiger partial charge in [-0.1, -0.05) is 30.2 Å². The average molecular weight is 260 g/mol. The number of fused-ring (bicyclic) bond motifs is 2. The van der Waals surface area contributed by atoms with Gasteiger partial charge in [0.1, 0.15) is 0 Å². The molecule has 0 spiro atoms. The van der Waals surface area contributed by atoms with Gasteiger partial charge >= 0.3 is 0 Å². The number of rotatable bonds is 1. The molecule has 0 bridgehead atoms. The molecule has 0 radical (unpaired) electrons. The third-order valence-electron chi connectivity index (χ3n) is 3.40. The molecular weight excluding hydrogens is 252 g/mol. The predicted molar refractivity (Wildman–Crippen MR) is 73.1 cm³/mol. The van der Waals surface area contributed by atoms with Crippen molar-refractivity contribution in [3.05, 3.63) is 69.8 Å². The lowest BCUT2D eigenvalue weighted by atomic mass is 9.81. The van der Waals surface area contributed by atoms with Crippen molar-refractivity contribution in [1.82, 2.24) is 0 Å². The second-order valence-electron chi connectivity index (χ2n) is 4.42. The summed E-state index contributed by atoms with van der Waals surface area (Å²) in [6.07, 6.45) is 6.00. The topological polar surface area (TPSA) is 51.2 Å². The van der Waals surface area contributed by atoms with Crippen molar-refractivity contribution in [3.8, 4) is 12.3 Å². The second kappa shape index (κ2) is 4.29. The van der Waals surface area contributed by atoms with Gasteiger partial charge in [-0.05, 0) is 12.1 Å². The molecular formula is C17H8O3. The maximum Gasteiger partial charge on any atom is 0.195 e. The van der Waals surface area contributed by atoms with Gasteiger partial charge in [-0.25, -0.2) is 0 Å². The monoisotopic (exact) mass is 260 g/mol. The normalized spacial score (nSPS) is 12.3. The largest absolute Gasteiger partial charge is 0.298 e. The summed E-state index contributed by atoms with van der Waals surface area (Å²) in [5.74, 6) is 1.79. The van der Waals surface area contributed by atoms with Crippen molar-refractivity contribution in [2.24, 2.45) is 0 Å². The standard InChI is InChI=1S/C17H8O3/c1-2-11-10(9-18)7-8-14-15(11)17(20)13-6-4-3-5-12(13)16(14)19/h1,3-9H. The van der Waals surface area contributed by atoms with E-state index < -0.39 is 0 Å². The molecule has 0 unspecified atom stereocenters. The Bertz CT molecular complexity index is 823. The zero-order valence-electron chi connectivity index (χ0n) is 10.3. The van der Waals surface area contributed by atoms with Gasteiger partial charge in [0.15, 0.2) is 17.9 Å². The molecule has 0 saturated carbocycles. The molecule has 2 aromatic carbocycles. The van der Waals surface area contributed by atoms with Gasteiger partial charge in [-0.2, -0.15) is 0 Å². The Morgan fingerprint density at radius 3 is 2.15 bits per heavy atom. The van der Waals surface area contributed by atoms with Gasteiger partial charge < -0.3 is 0 Å². The first-order valence-corrected chi connectivity index (χ1v) is 5.96. The Morgan fingerprint density at radius 2 is 1.55 bits per heavy atom. The Hall–Kier alpha value is -2.99. The number of carbonyl (C=O) groups excluding carboxylic acids is 3. The lowest BCUT2D eigenvalue weighted by molar-refractivity contribution is 0.0978. The van der Waals surface area contributed by atoms with Crippen LogP contribution in [0.5, 0.6) is 0 Å². The number of terminal acetylenes is 1. The highest BCUT2D eigenvalue weighted by Gasteiger charge is 2.31. The van der Waals surface area contributed by atoms with E-state index in [2.05, 4.69) is 5.92 Å². The molecule has 0 saturated heterocycles. The van der Waals surface area contributed by atoms with Crippen molar-refractivity contribution in [2.45, 2.75) is 0 Å². The summed E-state index contributed by atoms with van der Waals surface area (Å²) in [5.41, 5.74) is 1.53. The van der Waals surface area contributed by atoms with Crippen LogP contribution in [-0.2, 0) is 0 Å². The van der Waals surface area contributed by atoms with E-state index in [-0.39, 0.29) is 33.8 Å². The van der Waals surface area contributed by atoms with Gasteiger partial charge in [-0.3, -0.25) is 14.4 Å².